The lowest BCUT2D eigenvalue weighted by molar-refractivity contribution is 0.133. The molecule has 1 saturated heterocycles. The number of rotatable bonds is 1. The predicted molar refractivity (Wildman–Crippen MR) is 64.3 cm³/mol. The van der Waals surface area contributed by atoms with E-state index >= 15 is 0 Å². The lowest BCUT2D eigenvalue weighted by Gasteiger charge is -2.19. The summed E-state index contributed by atoms with van der Waals surface area (Å²) in [6.45, 7) is 1.62. The highest BCUT2D eigenvalue weighted by Gasteiger charge is 2.42. The van der Waals surface area contributed by atoms with Gasteiger partial charge in [-0.2, -0.15) is 4.98 Å². The van der Waals surface area contributed by atoms with Crippen LogP contribution in [-0.4, -0.2) is 39.5 Å². The monoisotopic (exact) mass is 274 g/mol. The van der Waals surface area contributed by atoms with Crippen LogP contribution in [0.25, 0.3) is 0 Å². The maximum atomic E-state index is 9.85. The van der Waals surface area contributed by atoms with Gasteiger partial charge in [-0.05, 0) is 30.4 Å². The zero-order chi connectivity index (χ0) is 12.0. The Kier molecular flexibility index (Phi) is 2.84. The van der Waals surface area contributed by atoms with Gasteiger partial charge < -0.3 is 10.0 Å². The lowest BCUT2D eigenvalue weighted by Crippen LogP contribution is -2.25. The Morgan fingerprint density at radius 2 is 2.00 bits per heavy atom. The van der Waals surface area contributed by atoms with E-state index in [1.165, 1.54) is 0 Å². The molecule has 17 heavy (non-hydrogen) atoms. The van der Waals surface area contributed by atoms with Crippen molar-refractivity contribution < 1.29 is 5.11 Å². The summed E-state index contributed by atoms with van der Waals surface area (Å²) in [6, 6.07) is 0. The highest BCUT2D eigenvalue weighted by atomic mass is 35.5. The van der Waals surface area contributed by atoms with Gasteiger partial charge in [0.15, 0.2) is 11.0 Å². The highest BCUT2D eigenvalue weighted by molar-refractivity contribution is 6.32. The van der Waals surface area contributed by atoms with Gasteiger partial charge in [-0.1, -0.05) is 11.6 Å². The van der Waals surface area contributed by atoms with Crippen molar-refractivity contribution in [3.8, 4) is 0 Å². The fraction of sp³-hybridized carbons (Fsp3) is 0.700. The topological polar surface area (TPSA) is 62.1 Å². The van der Waals surface area contributed by atoms with Gasteiger partial charge in [0.05, 0.1) is 6.10 Å². The first-order valence-corrected chi connectivity index (χ1v) is 6.39. The minimum Gasteiger partial charge on any atom is -0.393 e. The van der Waals surface area contributed by atoms with E-state index in [9.17, 15) is 5.11 Å². The summed E-state index contributed by atoms with van der Waals surface area (Å²) in [5.41, 5.74) is 0. The molecule has 1 saturated carbocycles. The van der Waals surface area contributed by atoms with Gasteiger partial charge in [-0.25, -0.2) is 0 Å². The molecule has 92 valence electrons. The molecule has 1 aliphatic heterocycles. The van der Waals surface area contributed by atoms with Crippen molar-refractivity contribution in [1.29, 1.82) is 0 Å². The van der Waals surface area contributed by atoms with Crippen molar-refractivity contribution in [2.45, 2.75) is 18.9 Å². The van der Waals surface area contributed by atoms with E-state index in [2.05, 4.69) is 15.2 Å². The van der Waals surface area contributed by atoms with E-state index in [-0.39, 0.29) is 16.5 Å². The quantitative estimate of drug-likeness (QED) is 0.839. The first-order valence-electron chi connectivity index (χ1n) is 5.64. The second-order valence-corrected chi connectivity index (χ2v) is 5.36. The smallest absolute Gasteiger partial charge is 0.245 e. The standard InChI is InChI=1S/C10H12Cl2N4O/c11-8-9(13-10(12)15-14-8)16-3-5-1-2-7(17)6(5)4-16/h5-7,17H,1-4H2. The average Bonchev–Trinajstić information content (AvgIpc) is 2.85. The summed E-state index contributed by atoms with van der Waals surface area (Å²) in [4.78, 5) is 6.15. The van der Waals surface area contributed by atoms with Crippen LogP contribution in [-0.2, 0) is 0 Å². The van der Waals surface area contributed by atoms with E-state index in [1.54, 1.807) is 0 Å². The number of hydrogen-bond donors (Lipinski definition) is 1. The third-order valence-electron chi connectivity index (χ3n) is 3.72. The van der Waals surface area contributed by atoms with Crippen molar-refractivity contribution in [2.75, 3.05) is 18.0 Å². The second kappa shape index (κ2) is 4.23. The highest BCUT2D eigenvalue weighted by Crippen LogP contribution is 2.40. The molecule has 0 amide bonds. The Morgan fingerprint density at radius 3 is 2.76 bits per heavy atom. The van der Waals surface area contributed by atoms with Crippen LogP contribution >= 0.6 is 23.2 Å². The van der Waals surface area contributed by atoms with Crippen molar-refractivity contribution in [2.24, 2.45) is 11.8 Å². The predicted octanol–water partition coefficient (Wildman–Crippen LogP) is 1.39. The van der Waals surface area contributed by atoms with Crippen LogP contribution in [0.15, 0.2) is 0 Å². The second-order valence-electron chi connectivity index (χ2n) is 4.67. The molecule has 0 aromatic carbocycles. The maximum absolute atomic E-state index is 9.85. The van der Waals surface area contributed by atoms with Gasteiger partial charge in [0.2, 0.25) is 5.28 Å². The van der Waals surface area contributed by atoms with E-state index in [1.807, 2.05) is 4.90 Å². The summed E-state index contributed by atoms with van der Waals surface area (Å²) in [7, 11) is 0. The Labute approximate surface area is 109 Å². The van der Waals surface area contributed by atoms with Gasteiger partial charge in [0, 0.05) is 19.0 Å². The average molecular weight is 275 g/mol. The maximum Gasteiger partial charge on any atom is 0.245 e. The number of anilines is 1. The van der Waals surface area contributed by atoms with E-state index < -0.39 is 0 Å². The number of fused-ring (bicyclic) bond motifs is 1. The van der Waals surface area contributed by atoms with Crippen molar-refractivity contribution in [3.05, 3.63) is 10.4 Å². The number of aliphatic hydroxyl groups is 1. The normalized spacial score (nSPS) is 31.9. The largest absolute Gasteiger partial charge is 0.393 e. The van der Waals surface area contributed by atoms with Gasteiger partial charge in [-0.3, -0.25) is 0 Å². The van der Waals surface area contributed by atoms with E-state index in [4.69, 9.17) is 23.2 Å². The zero-order valence-corrected chi connectivity index (χ0v) is 10.6. The third kappa shape index (κ3) is 1.96. The van der Waals surface area contributed by atoms with Crippen molar-refractivity contribution >= 4 is 29.0 Å². The fourth-order valence-electron chi connectivity index (χ4n) is 2.90. The van der Waals surface area contributed by atoms with Crippen LogP contribution in [0.3, 0.4) is 0 Å². The number of nitrogens with zero attached hydrogens (tertiary/aromatic N) is 4. The van der Waals surface area contributed by atoms with Crippen LogP contribution < -0.4 is 4.90 Å². The third-order valence-corrected chi connectivity index (χ3v) is 4.13. The van der Waals surface area contributed by atoms with Crippen LogP contribution in [0.1, 0.15) is 12.8 Å². The van der Waals surface area contributed by atoms with Crippen LogP contribution in [0.4, 0.5) is 5.82 Å². The number of hydrogen-bond acceptors (Lipinski definition) is 5. The zero-order valence-electron chi connectivity index (χ0n) is 9.05. The molecule has 1 aromatic heterocycles. The van der Waals surface area contributed by atoms with Crippen LogP contribution in [0.2, 0.25) is 10.4 Å². The van der Waals surface area contributed by atoms with Crippen molar-refractivity contribution in [3.63, 3.8) is 0 Å². The lowest BCUT2D eigenvalue weighted by atomic mass is 10.00. The van der Waals surface area contributed by atoms with Crippen LogP contribution in [0, 0.1) is 11.8 Å². The molecule has 2 aliphatic rings. The molecule has 2 fully saturated rings. The number of aliphatic hydroxyl groups excluding tert-OH is 1. The molecule has 0 spiro atoms. The summed E-state index contributed by atoms with van der Waals surface area (Å²) >= 11 is 11.7. The Hall–Kier alpha value is -0.650. The summed E-state index contributed by atoms with van der Waals surface area (Å²) in [5, 5.41) is 17.6. The molecule has 2 heterocycles. The van der Waals surface area contributed by atoms with Gasteiger partial charge in [0.25, 0.3) is 0 Å². The fourth-order valence-corrected chi connectivity index (χ4v) is 3.21. The van der Waals surface area contributed by atoms with Crippen LogP contribution in [0.5, 0.6) is 0 Å². The first-order chi connectivity index (χ1) is 8.15. The van der Waals surface area contributed by atoms with Gasteiger partial charge >= 0.3 is 0 Å². The molecular weight excluding hydrogens is 263 g/mol. The summed E-state index contributed by atoms with van der Waals surface area (Å²) < 4.78 is 0. The Morgan fingerprint density at radius 1 is 1.18 bits per heavy atom. The number of halogens is 2. The van der Waals surface area contributed by atoms with Crippen molar-refractivity contribution in [1.82, 2.24) is 15.2 Å². The van der Waals surface area contributed by atoms with Gasteiger partial charge in [0.1, 0.15) is 0 Å². The number of aromatic nitrogens is 3. The first kappa shape index (κ1) is 11.4. The van der Waals surface area contributed by atoms with E-state index in [0.717, 1.165) is 25.9 Å². The van der Waals surface area contributed by atoms with E-state index in [0.29, 0.717) is 17.7 Å². The molecule has 0 bridgehead atoms. The molecule has 1 N–H and O–H groups in total. The molecule has 3 rings (SSSR count). The Balaban J connectivity index is 1.85. The minimum absolute atomic E-state index is 0.0991. The molecule has 0 radical (unpaired) electrons. The molecule has 1 aliphatic carbocycles. The minimum atomic E-state index is -0.200. The van der Waals surface area contributed by atoms with Gasteiger partial charge in [-0.15, -0.1) is 10.2 Å². The molecule has 7 heteroatoms. The molecule has 1 aromatic rings. The summed E-state index contributed by atoms with van der Waals surface area (Å²) in [6.07, 6.45) is 1.76. The SMILES string of the molecule is OC1CCC2CN(c3nc(Cl)nnc3Cl)CC12. The molecule has 5 nitrogen and oxygen atoms in total. The molecule has 3 unspecified atom stereocenters. The Bertz CT molecular complexity index is 444. The molecular formula is C10H12Cl2N4O. The summed E-state index contributed by atoms with van der Waals surface area (Å²) in [5.74, 6) is 1.42. The molecule has 3 atom stereocenters.